The zero-order valence-electron chi connectivity index (χ0n) is 18.1. The lowest BCUT2D eigenvalue weighted by Gasteiger charge is -2.12. The molecule has 0 amide bonds. The fourth-order valence-corrected chi connectivity index (χ4v) is 3.87. The fourth-order valence-electron chi connectivity index (χ4n) is 3.74. The standard InChI is InChI=1S/C23H18ClF3N6O/c1-13(2)32-11-18(23(25,26)27)30-19(32)15-5-3-14(4-6-15)10-33-20(16-7-8-34-12-16)29-17-9-28-22(24)31-21(17)33/h3-9,11-13H,10H2,1-2H3. The Bertz CT molecular complexity index is 1450. The molecular formula is C23H18ClF3N6O. The van der Waals surface area contributed by atoms with E-state index in [0.717, 1.165) is 17.3 Å². The molecule has 11 heteroatoms. The first-order chi connectivity index (χ1) is 16.2. The molecule has 0 spiro atoms. The molecule has 0 saturated heterocycles. The van der Waals surface area contributed by atoms with Crippen LogP contribution >= 0.6 is 11.6 Å². The molecule has 4 aromatic heterocycles. The van der Waals surface area contributed by atoms with Crippen LogP contribution in [0.4, 0.5) is 13.2 Å². The molecule has 0 atom stereocenters. The van der Waals surface area contributed by atoms with Crippen molar-refractivity contribution in [2.24, 2.45) is 0 Å². The predicted molar refractivity (Wildman–Crippen MR) is 120 cm³/mol. The van der Waals surface area contributed by atoms with E-state index in [2.05, 4.69) is 19.9 Å². The van der Waals surface area contributed by atoms with Gasteiger partial charge in [-0.1, -0.05) is 24.3 Å². The number of fused-ring (bicyclic) bond motifs is 1. The summed E-state index contributed by atoms with van der Waals surface area (Å²) in [5.74, 6) is 0.898. The Labute approximate surface area is 196 Å². The highest BCUT2D eigenvalue weighted by molar-refractivity contribution is 6.28. The molecule has 1 aromatic carbocycles. The van der Waals surface area contributed by atoms with Gasteiger partial charge in [0.2, 0.25) is 5.28 Å². The molecule has 0 bridgehead atoms. The van der Waals surface area contributed by atoms with Crippen molar-refractivity contribution in [2.75, 3.05) is 0 Å². The van der Waals surface area contributed by atoms with Crippen molar-refractivity contribution in [3.8, 4) is 22.8 Å². The van der Waals surface area contributed by atoms with Gasteiger partial charge in [-0.15, -0.1) is 0 Å². The summed E-state index contributed by atoms with van der Waals surface area (Å²) in [4.78, 5) is 16.8. The van der Waals surface area contributed by atoms with Gasteiger partial charge in [0.1, 0.15) is 23.4 Å². The molecule has 0 aliphatic heterocycles. The Morgan fingerprint density at radius 2 is 1.76 bits per heavy atom. The van der Waals surface area contributed by atoms with E-state index >= 15 is 0 Å². The van der Waals surface area contributed by atoms with Crippen LogP contribution in [-0.4, -0.2) is 29.1 Å². The first-order valence-electron chi connectivity index (χ1n) is 10.4. The van der Waals surface area contributed by atoms with Crippen LogP contribution in [0, 0.1) is 0 Å². The number of benzene rings is 1. The van der Waals surface area contributed by atoms with Crippen LogP contribution in [0.1, 0.15) is 31.1 Å². The van der Waals surface area contributed by atoms with Gasteiger partial charge < -0.3 is 13.6 Å². The summed E-state index contributed by atoms with van der Waals surface area (Å²) in [6.07, 6.45) is 1.23. The van der Waals surface area contributed by atoms with Gasteiger partial charge in [-0.25, -0.2) is 15.0 Å². The van der Waals surface area contributed by atoms with E-state index < -0.39 is 11.9 Å². The van der Waals surface area contributed by atoms with Crippen molar-refractivity contribution in [2.45, 2.75) is 32.6 Å². The second-order valence-corrected chi connectivity index (χ2v) is 8.36. The van der Waals surface area contributed by atoms with Gasteiger partial charge in [-0.3, -0.25) is 0 Å². The highest BCUT2D eigenvalue weighted by atomic mass is 35.5. The maximum atomic E-state index is 13.2. The van der Waals surface area contributed by atoms with E-state index in [4.69, 9.17) is 16.0 Å². The van der Waals surface area contributed by atoms with E-state index in [0.29, 0.717) is 29.1 Å². The third-order valence-electron chi connectivity index (χ3n) is 5.37. The van der Waals surface area contributed by atoms with Crippen LogP contribution in [0.5, 0.6) is 0 Å². The molecule has 7 nitrogen and oxygen atoms in total. The van der Waals surface area contributed by atoms with E-state index in [9.17, 15) is 13.2 Å². The summed E-state index contributed by atoms with van der Waals surface area (Å²) in [5.41, 5.74) is 2.47. The van der Waals surface area contributed by atoms with Gasteiger partial charge in [0.25, 0.3) is 0 Å². The second-order valence-electron chi connectivity index (χ2n) is 8.03. The zero-order chi connectivity index (χ0) is 24.0. The molecule has 0 N–H and O–H groups in total. The number of aromatic nitrogens is 6. The number of imidazole rings is 2. The smallest absolute Gasteiger partial charge is 0.434 e. The molecule has 0 unspecified atom stereocenters. The van der Waals surface area contributed by atoms with Crippen molar-refractivity contribution in [3.63, 3.8) is 0 Å². The van der Waals surface area contributed by atoms with Crippen molar-refractivity contribution < 1.29 is 17.6 Å². The second kappa shape index (κ2) is 8.28. The van der Waals surface area contributed by atoms with Crippen molar-refractivity contribution in [1.82, 2.24) is 29.1 Å². The van der Waals surface area contributed by atoms with Gasteiger partial charge in [-0.2, -0.15) is 18.2 Å². The number of furan rings is 1. The summed E-state index contributed by atoms with van der Waals surface area (Å²) < 4.78 is 48.3. The summed E-state index contributed by atoms with van der Waals surface area (Å²) in [5, 5.41) is 0.101. The number of rotatable bonds is 5. The third-order valence-corrected chi connectivity index (χ3v) is 5.55. The molecule has 0 aliphatic carbocycles. The average molecular weight is 487 g/mol. The minimum Gasteiger partial charge on any atom is -0.472 e. The Balaban J connectivity index is 1.52. The lowest BCUT2D eigenvalue weighted by atomic mass is 10.1. The Morgan fingerprint density at radius 1 is 1.00 bits per heavy atom. The van der Waals surface area contributed by atoms with Crippen LogP contribution in [0.3, 0.4) is 0 Å². The molecular weight excluding hydrogens is 469 g/mol. The quantitative estimate of drug-likeness (QED) is 0.274. The van der Waals surface area contributed by atoms with Crippen molar-refractivity contribution >= 4 is 22.8 Å². The Morgan fingerprint density at radius 3 is 2.41 bits per heavy atom. The van der Waals surface area contributed by atoms with Gasteiger partial charge in [0.05, 0.1) is 24.6 Å². The number of hydrogen-bond acceptors (Lipinski definition) is 5. The lowest BCUT2D eigenvalue weighted by molar-refractivity contribution is -0.140. The molecule has 0 radical (unpaired) electrons. The van der Waals surface area contributed by atoms with Crippen LogP contribution < -0.4 is 0 Å². The van der Waals surface area contributed by atoms with Crippen LogP contribution in [-0.2, 0) is 12.7 Å². The first kappa shape index (κ1) is 22.1. The first-order valence-corrected chi connectivity index (χ1v) is 10.7. The Kier molecular flexibility index (Phi) is 5.40. The van der Waals surface area contributed by atoms with Crippen molar-refractivity contribution in [3.05, 3.63) is 71.8 Å². The number of hydrogen-bond donors (Lipinski definition) is 0. The molecule has 0 fully saturated rings. The third kappa shape index (κ3) is 4.05. The minimum absolute atomic E-state index is 0.101. The molecule has 0 saturated carbocycles. The molecule has 0 aliphatic rings. The lowest BCUT2D eigenvalue weighted by Crippen LogP contribution is -2.05. The summed E-state index contributed by atoms with van der Waals surface area (Å²) in [7, 11) is 0. The summed E-state index contributed by atoms with van der Waals surface area (Å²) in [6.45, 7) is 4.03. The van der Waals surface area contributed by atoms with Gasteiger partial charge >= 0.3 is 6.18 Å². The van der Waals surface area contributed by atoms with Crippen LogP contribution in [0.15, 0.2) is 59.7 Å². The molecule has 174 valence electrons. The molecule has 34 heavy (non-hydrogen) atoms. The SMILES string of the molecule is CC(C)n1cc(C(F)(F)F)nc1-c1ccc(Cn2c(-c3ccoc3)nc3cnc(Cl)nc32)cc1. The predicted octanol–water partition coefficient (Wildman–Crippen LogP) is 6.25. The number of alkyl halides is 3. The van der Waals surface area contributed by atoms with Gasteiger partial charge in [0, 0.05) is 17.8 Å². The topological polar surface area (TPSA) is 74.6 Å². The fraction of sp³-hybridized carbons (Fsp3) is 0.217. The highest BCUT2D eigenvalue weighted by Gasteiger charge is 2.35. The average Bonchev–Trinajstić information content (AvgIpc) is 3.53. The largest absolute Gasteiger partial charge is 0.472 e. The van der Waals surface area contributed by atoms with Crippen LogP contribution in [0.2, 0.25) is 5.28 Å². The van der Waals surface area contributed by atoms with E-state index in [1.54, 1.807) is 36.9 Å². The maximum absolute atomic E-state index is 13.2. The van der Waals surface area contributed by atoms with Gasteiger partial charge in [0.15, 0.2) is 11.3 Å². The Hall–Kier alpha value is -3.66. The molecule has 5 aromatic rings. The highest BCUT2D eigenvalue weighted by Crippen LogP contribution is 2.33. The monoisotopic (exact) mass is 486 g/mol. The number of nitrogens with zero attached hydrogens (tertiary/aromatic N) is 6. The zero-order valence-corrected chi connectivity index (χ0v) is 18.8. The normalized spacial score (nSPS) is 12.2. The molecule has 5 rings (SSSR count). The van der Waals surface area contributed by atoms with Crippen molar-refractivity contribution in [1.29, 1.82) is 0 Å². The molecule has 4 heterocycles. The number of halogens is 4. The van der Waals surface area contributed by atoms with Crippen LogP contribution in [0.25, 0.3) is 33.9 Å². The van der Waals surface area contributed by atoms with E-state index in [1.807, 2.05) is 30.5 Å². The van der Waals surface area contributed by atoms with Gasteiger partial charge in [-0.05, 0) is 37.1 Å². The van der Waals surface area contributed by atoms with E-state index in [-0.39, 0.29) is 17.1 Å². The summed E-state index contributed by atoms with van der Waals surface area (Å²) in [6, 6.07) is 8.81. The minimum atomic E-state index is -4.51. The summed E-state index contributed by atoms with van der Waals surface area (Å²) >= 11 is 6.02. The maximum Gasteiger partial charge on any atom is 0.434 e. The van der Waals surface area contributed by atoms with E-state index in [1.165, 1.54) is 4.57 Å².